The van der Waals surface area contributed by atoms with E-state index in [1.807, 2.05) is 98.8 Å². The standard InChI is InChI=1S/C16H11Cl2N3O.C16H12ClN3O.C16H15N3O/c17-9-3-6-11(12(18)8-9)14-16(22)21(10-4-5-10)15-13(20-14)2-1-7-19-15;17-12-5-2-1-4-11(12)14-16(21)20(10-7-8-10)15-13(19-14)6-3-9-18-15;1-11(2)19-15-13(9-6-10-17-15)18-14(16(19)20)12-7-4-3-5-8-12/h1-3,6-8,10H,4-5H2;1-6,9-10H,7-8H2;3-11H,1-2H3. The van der Waals surface area contributed by atoms with E-state index in [2.05, 4.69) is 29.9 Å². The summed E-state index contributed by atoms with van der Waals surface area (Å²) in [6.07, 6.45) is 9.06. The molecule has 6 heterocycles. The van der Waals surface area contributed by atoms with Gasteiger partial charge in [0.1, 0.15) is 33.6 Å². The number of hydrogen-bond acceptors (Lipinski definition) is 9. The number of benzene rings is 3. The molecule has 314 valence electrons. The fourth-order valence-corrected chi connectivity index (χ4v) is 8.13. The lowest BCUT2D eigenvalue weighted by Gasteiger charge is -2.14. The fraction of sp³-hybridized carbons (Fsp3) is 0.188. The van der Waals surface area contributed by atoms with Crippen molar-refractivity contribution in [3.8, 4) is 33.8 Å². The van der Waals surface area contributed by atoms with E-state index in [-0.39, 0.29) is 34.8 Å². The van der Waals surface area contributed by atoms with Crippen molar-refractivity contribution in [3.05, 3.63) is 174 Å². The highest BCUT2D eigenvalue weighted by molar-refractivity contribution is 6.36. The van der Waals surface area contributed by atoms with Crippen molar-refractivity contribution in [2.24, 2.45) is 0 Å². The number of halogens is 3. The van der Waals surface area contributed by atoms with Crippen LogP contribution in [0.2, 0.25) is 15.1 Å². The Bertz CT molecular complexity index is 3370. The molecule has 12 nitrogen and oxygen atoms in total. The molecule has 6 aromatic heterocycles. The van der Waals surface area contributed by atoms with Crippen molar-refractivity contribution in [3.63, 3.8) is 0 Å². The molecule has 0 amide bonds. The summed E-state index contributed by atoms with van der Waals surface area (Å²) in [5.41, 5.74) is 7.00. The largest absolute Gasteiger partial charge is 0.287 e. The second-order valence-electron chi connectivity index (χ2n) is 15.5. The van der Waals surface area contributed by atoms with Gasteiger partial charge in [0.15, 0.2) is 16.9 Å². The Hall–Kier alpha value is -6.60. The Labute approximate surface area is 375 Å². The van der Waals surface area contributed by atoms with Crippen molar-refractivity contribution in [2.45, 2.75) is 57.7 Å². The average molecular weight is 895 g/mol. The van der Waals surface area contributed by atoms with E-state index in [1.165, 1.54) is 0 Å². The van der Waals surface area contributed by atoms with Crippen LogP contribution in [0.15, 0.2) is 142 Å². The minimum Gasteiger partial charge on any atom is -0.287 e. The van der Waals surface area contributed by atoms with E-state index < -0.39 is 0 Å². The Morgan fingerprint density at radius 3 is 1.49 bits per heavy atom. The summed E-state index contributed by atoms with van der Waals surface area (Å²) in [4.78, 5) is 64.8. The highest BCUT2D eigenvalue weighted by Gasteiger charge is 2.30. The SMILES string of the molecule is CC(C)n1c(=O)c(-c2ccccc2)nc2cccnc21.O=c1c(-c2ccc(Cl)cc2Cl)nc2cccnc2n1C1CC1.O=c1c(-c2ccccc2Cl)nc2cccnc2n1C1CC1. The first-order valence-electron chi connectivity index (χ1n) is 20.5. The molecule has 11 rings (SSSR count). The van der Waals surface area contributed by atoms with E-state index in [0.29, 0.717) is 65.7 Å². The van der Waals surface area contributed by atoms with Gasteiger partial charge in [-0.3, -0.25) is 28.1 Å². The zero-order chi connectivity index (χ0) is 43.8. The van der Waals surface area contributed by atoms with Gasteiger partial charge in [-0.15, -0.1) is 0 Å². The van der Waals surface area contributed by atoms with Crippen molar-refractivity contribution >= 4 is 68.3 Å². The average Bonchev–Trinajstić information content (AvgIpc) is 4.24. The predicted octanol–water partition coefficient (Wildman–Crippen LogP) is 10.6. The topological polar surface area (TPSA) is 143 Å². The predicted molar refractivity (Wildman–Crippen MR) is 250 cm³/mol. The maximum absolute atomic E-state index is 12.9. The molecule has 0 aliphatic heterocycles. The van der Waals surface area contributed by atoms with Gasteiger partial charge in [-0.1, -0.05) is 83.3 Å². The molecule has 2 aliphatic carbocycles. The van der Waals surface area contributed by atoms with E-state index in [1.54, 1.807) is 56.6 Å². The van der Waals surface area contributed by atoms with Crippen LogP contribution in [0.3, 0.4) is 0 Å². The summed E-state index contributed by atoms with van der Waals surface area (Å²) in [5.74, 6) is 0. The molecule has 2 aliphatic rings. The third-order valence-corrected chi connectivity index (χ3v) is 11.5. The summed E-state index contributed by atoms with van der Waals surface area (Å²) < 4.78 is 5.20. The molecule has 3 aromatic carbocycles. The number of hydrogen-bond donors (Lipinski definition) is 0. The quantitative estimate of drug-likeness (QED) is 0.159. The summed E-state index contributed by atoms with van der Waals surface area (Å²) in [6.45, 7) is 3.95. The van der Waals surface area contributed by atoms with Gasteiger partial charge in [-0.25, -0.2) is 29.9 Å². The van der Waals surface area contributed by atoms with Crippen molar-refractivity contribution < 1.29 is 0 Å². The van der Waals surface area contributed by atoms with Gasteiger partial charge in [0, 0.05) is 58.4 Å². The van der Waals surface area contributed by atoms with Gasteiger partial charge in [0.2, 0.25) is 0 Å². The van der Waals surface area contributed by atoms with Gasteiger partial charge in [0.05, 0.1) is 10.0 Å². The summed E-state index contributed by atoms with van der Waals surface area (Å²) in [7, 11) is 0. The normalized spacial score (nSPS) is 13.4. The van der Waals surface area contributed by atoms with E-state index in [4.69, 9.17) is 34.8 Å². The smallest absolute Gasteiger partial charge is 0.279 e. The van der Waals surface area contributed by atoms with E-state index in [9.17, 15) is 14.4 Å². The van der Waals surface area contributed by atoms with Crippen molar-refractivity contribution in [1.29, 1.82) is 0 Å². The minimum absolute atomic E-state index is 0.0327. The molecule has 63 heavy (non-hydrogen) atoms. The number of pyridine rings is 3. The number of rotatable bonds is 6. The van der Waals surface area contributed by atoms with Crippen molar-refractivity contribution in [1.82, 2.24) is 43.6 Å². The fourth-order valence-electron chi connectivity index (χ4n) is 7.41. The van der Waals surface area contributed by atoms with Crippen LogP contribution in [0, 0.1) is 0 Å². The van der Waals surface area contributed by atoms with Gasteiger partial charge in [-0.05, 0) is 100 Å². The van der Waals surface area contributed by atoms with Crippen LogP contribution in [-0.2, 0) is 0 Å². The number of nitrogens with zero attached hydrogens (tertiary/aromatic N) is 9. The Balaban J connectivity index is 0.000000120. The number of aromatic nitrogens is 9. The first kappa shape index (κ1) is 41.7. The molecular formula is C48H38Cl3N9O3. The molecule has 2 saturated carbocycles. The molecule has 0 unspecified atom stereocenters. The van der Waals surface area contributed by atoms with Crippen LogP contribution in [0.4, 0.5) is 0 Å². The summed E-state index contributed by atoms with van der Waals surface area (Å²) in [6, 6.07) is 33.4. The highest BCUT2D eigenvalue weighted by Crippen LogP contribution is 2.37. The molecule has 0 spiro atoms. The lowest BCUT2D eigenvalue weighted by atomic mass is 10.1. The second-order valence-corrected chi connectivity index (χ2v) is 16.7. The van der Waals surface area contributed by atoms with Gasteiger partial charge < -0.3 is 0 Å². The van der Waals surface area contributed by atoms with E-state index >= 15 is 0 Å². The maximum Gasteiger partial charge on any atom is 0.279 e. The van der Waals surface area contributed by atoms with Gasteiger partial charge in [-0.2, -0.15) is 0 Å². The zero-order valence-corrected chi connectivity index (χ0v) is 36.3. The number of fused-ring (bicyclic) bond motifs is 3. The Morgan fingerprint density at radius 1 is 0.508 bits per heavy atom. The highest BCUT2D eigenvalue weighted by atomic mass is 35.5. The minimum atomic E-state index is -0.155. The summed E-state index contributed by atoms with van der Waals surface area (Å²) >= 11 is 18.4. The Morgan fingerprint density at radius 2 is 0.984 bits per heavy atom. The van der Waals surface area contributed by atoms with Crippen LogP contribution in [0.25, 0.3) is 67.3 Å². The van der Waals surface area contributed by atoms with Crippen LogP contribution in [-0.4, -0.2) is 43.6 Å². The van der Waals surface area contributed by atoms with Crippen LogP contribution in [0.1, 0.15) is 57.7 Å². The second kappa shape index (κ2) is 17.6. The first-order valence-corrected chi connectivity index (χ1v) is 21.6. The molecule has 15 heteroatoms. The van der Waals surface area contributed by atoms with Crippen LogP contribution >= 0.6 is 34.8 Å². The zero-order valence-electron chi connectivity index (χ0n) is 34.1. The molecular weight excluding hydrogens is 857 g/mol. The molecule has 0 saturated heterocycles. The van der Waals surface area contributed by atoms with Gasteiger partial charge in [0.25, 0.3) is 16.7 Å². The molecule has 0 bridgehead atoms. The molecule has 0 N–H and O–H groups in total. The van der Waals surface area contributed by atoms with Crippen LogP contribution < -0.4 is 16.7 Å². The lowest BCUT2D eigenvalue weighted by molar-refractivity contribution is 0.594. The summed E-state index contributed by atoms with van der Waals surface area (Å²) in [5, 5.41) is 1.48. The molecule has 9 aromatic rings. The Kier molecular flexibility index (Phi) is 11.7. The van der Waals surface area contributed by atoms with Crippen LogP contribution in [0.5, 0.6) is 0 Å². The third-order valence-electron chi connectivity index (χ3n) is 10.6. The molecule has 2 fully saturated rings. The molecule has 0 atom stereocenters. The maximum atomic E-state index is 12.9. The first-order chi connectivity index (χ1) is 30.6. The monoisotopic (exact) mass is 893 g/mol. The lowest BCUT2D eigenvalue weighted by Crippen LogP contribution is -2.25. The van der Waals surface area contributed by atoms with Gasteiger partial charge >= 0.3 is 0 Å². The van der Waals surface area contributed by atoms with E-state index in [0.717, 1.165) is 42.3 Å². The van der Waals surface area contributed by atoms with Crippen molar-refractivity contribution in [2.75, 3.05) is 0 Å². The third kappa shape index (κ3) is 8.49. The molecule has 0 radical (unpaired) electrons.